The number of aromatic nitrogens is 1. The monoisotopic (exact) mass is 420 g/mol. The lowest BCUT2D eigenvalue weighted by Crippen LogP contribution is -2.47. The summed E-state index contributed by atoms with van der Waals surface area (Å²) in [6.45, 7) is 13.5. The van der Waals surface area contributed by atoms with E-state index in [4.69, 9.17) is 9.47 Å². The van der Waals surface area contributed by atoms with E-state index in [1.807, 2.05) is 0 Å². The average molecular weight is 421 g/mol. The van der Waals surface area contributed by atoms with Crippen LogP contribution in [0.25, 0.3) is 0 Å². The molecular formula is C23H40N4O3. The minimum Gasteiger partial charge on any atom is -0.383 e. The molecule has 170 valence electrons. The Morgan fingerprint density at radius 2 is 1.87 bits per heavy atom. The van der Waals surface area contributed by atoms with Crippen LogP contribution in [0.15, 0.2) is 6.07 Å². The van der Waals surface area contributed by atoms with E-state index in [-0.39, 0.29) is 11.9 Å². The number of hydrogen-bond acceptors (Lipinski definition) is 5. The van der Waals surface area contributed by atoms with Gasteiger partial charge in [0.15, 0.2) is 0 Å². The predicted molar refractivity (Wildman–Crippen MR) is 119 cm³/mol. The van der Waals surface area contributed by atoms with Crippen LogP contribution in [-0.2, 0) is 16.0 Å². The number of carbonyl (C=O) groups excluding carboxylic acids is 1. The molecule has 7 nitrogen and oxygen atoms in total. The third kappa shape index (κ3) is 5.84. The summed E-state index contributed by atoms with van der Waals surface area (Å²) in [5, 5.41) is 0. The van der Waals surface area contributed by atoms with Crippen LogP contribution in [-0.4, -0.2) is 104 Å². The van der Waals surface area contributed by atoms with E-state index in [0.717, 1.165) is 95.2 Å². The maximum Gasteiger partial charge on any atom is 0.255 e. The smallest absolute Gasteiger partial charge is 0.255 e. The van der Waals surface area contributed by atoms with Crippen molar-refractivity contribution in [2.24, 2.45) is 0 Å². The Morgan fingerprint density at radius 3 is 2.53 bits per heavy atom. The van der Waals surface area contributed by atoms with Crippen molar-refractivity contribution in [3.05, 3.63) is 23.0 Å². The first-order chi connectivity index (χ1) is 14.5. The maximum absolute atomic E-state index is 13.6. The number of methoxy groups -OCH3 is 1. The van der Waals surface area contributed by atoms with Crippen molar-refractivity contribution in [3.63, 3.8) is 0 Å². The summed E-state index contributed by atoms with van der Waals surface area (Å²) < 4.78 is 13.0. The van der Waals surface area contributed by atoms with Crippen molar-refractivity contribution in [1.29, 1.82) is 0 Å². The van der Waals surface area contributed by atoms with E-state index < -0.39 is 0 Å². The summed E-state index contributed by atoms with van der Waals surface area (Å²) >= 11 is 0. The molecule has 0 N–H and O–H groups in total. The van der Waals surface area contributed by atoms with Gasteiger partial charge < -0.3 is 28.7 Å². The van der Waals surface area contributed by atoms with Crippen LogP contribution < -0.4 is 0 Å². The molecule has 3 rings (SSSR count). The van der Waals surface area contributed by atoms with Crippen molar-refractivity contribution in [2.75, 3.05) is 73.2 Å². The third-order valence-corrected chi connectivity index (χ3v) is 6.68. The number of nitrogens with zero attached hydrogens (tertiary/aromatic N) is 4. The topological polar surface area (TPSA) is 50.2 Å². The van der Waals surface area contributed by atoms with Crippen molar-refractivity contribution >= 4 is 5.91 Å². The zero-order chi connectivity index (χ0) is 21.5. The first-order valence-electron chi connectivity index (χ1n) is 11.5. The Balaban J connectivity index is 1.67. The molecular weight excluding hydrogens is 380 g/mol. The average Bonchev–Trinajstić information content (AvgIpc) is 3.04. The van der Waals surface area contributed by atoms with E-state index in [2.05, 4.69) is 46.2 Å². The molecule has 1 aromatic rings. The molecule has 0 aliphatic carbocycles. The highest BCUT2D eigenvalue weighted by Crippen LogP contribution is 2.22. The summed E-state index contributed by atoms with van der Waals surface area (Å²) in [5.74, 6) is 0.178. The molecule has 0 spiro atoms. The zero-order valence-electron chi connectivity index (χ0n) is 19.4. The fourth-order valence-corrected chi connectivity index (χ4v) is 4.68. The van der Waals surface area contributed by atoms with Crippen LogP contribution in [0.3, 0.4) is 0 Å². The predicted octanol–water partition coefficient (Wildman–Crippen LogP) is 2.01. The van der Waals surface area contributed by atoms with Gasteiger partial charge >= 0.3 is 0 Å². The van der Waals surface area contributed by atoms with E-state index >= 15 is 0 Å². The molecule has 0 unspecified atom stereocenters. The number of aryl methyl sites for hydroxylation is 1. The fourth-order valence-electron chi connectivity index (χ4n) is 4.68. The second-order valence-electron chi connectivity index (χ2n) is 8.77. The Labute approximate surface area is 181 Å². The van der Waals surface area contributed by atoms with Gasteiger partial charge in [-0.2, -0.15) is 0 Å². The number of rotatable bonds is 9. The number of hydrogen-bond donors (Lipinski definition) is 0. The third-order valence-electron chi connectivity index (χ3n) is 6.68. The molecule has 0 aromatic carbocycles. The molecule has 0 bridgehead atoms. The maximum atomic E-state index is 13.6. The van der Waals surface area contributed by atoms with Crippen molar-refractivity contribution in [2.45, 2.75) is 45.7 Å². The van der Waals surface area contributed by atoms with Gasteiger partial charge in [-0.1, -0.05) is 0 Å². The Kier molecular flexibility index (Phi) is 8.74. The lowest BCUT2D eigenvalue weighted by molar-refractivity contribution is 0.0275. The van der Waals surface area contributed by atoms with Gasteiger partial charge in [0.1, 0.15) is 0 Å². The highest BCUT2D eigenvalue weighted by molar-refractivity contribution is 5.96. The van der Waals surface area contributed by atoms with Gasteiger partial charge in [0.05, 0.1) is 12.2 Å². The Bertz CT molecular complexity index is 676. The van der Waals surface area contributed by atoms with Crippen molar-refractivity contribution in [3.8, 4) is 0 Å². The van der Waals surface area contributed by atoms with Crippen LogP contribution in [0.5, 0.6) is 0 Å². The first-order valence-corrected chi connectivity index (χ1v) is 11.5. The number of piperazine rings is 1. The molecule has 1 aromatic heterocycles. The van der Waals surface area contributed by atoms with Gasteiger partial charge in [0, 0.05) is 77.0 Å². The van der Waals surface area contributed by atoms with E-state index in [1.54, 1.807) is 7.11 Å². The molecule has 2 fully saturated rings. The summed E-state index contributed by atoms with van der Waals surface area (Å²) in [4.78, 5) is 20.7. The lowest BCUT2D eigenvalue weighted by atomic mass is 10.0. The van der Waals surface area contributed by atoms with Crippen LogP contribution in [0, 0.1) is 13.8 Å². The molecule has 3 heterocycles. The van der Waals surface area contributed by atoms with Gasteiger partial charge in [-0.05, 0) is 52.8 Å². The molecule has 2 aliphatic heterocycles. The number of carbonyl (C=O) groups is 1. The molecule has 0 atom stereocenters. The van der Waals surface area contributed by atoms with Crippen LogP contribution in [0.1, 0.15) is 41.0 Å². The molecule has 1 amide bonds. The minimum atomic E-state index is 0.178. The quantitative estimate of drug-likeness (QED) is 0.612. The standard InChI is InChI=1S/C23H40N4O3/c1-19-18-22(20(2)26(19)14-17-29-4)23(28)27(21-6-15-30-16-7-21)9-5-8-25-12-10-24(3)11-13-25/h18,21H,5-17H2,1-4H3. The van der Waals surface area contributed by atoms with Crippen molar-refractivity contribution < 1.29 is 14.3 Å². The van der Waals surface area contributed by atoms with Crippen LogP contribution in [0.4, 0.5) is 0 Å². The van der Waals surface area contributed by atoms with E-state index in [9.17, 15) is 4.79 Å². The summed E-state index contributed by atoms with van der Waals surface area (Å²) in [5.41, 5.74) is 3.01. The lowest BCUT2D eigenvalue weighted by Gasteiger charge is -2.36. The van der Waals surface area contributed by atoms with Gasteiger partial charge in [-0.25, -0.2) is 0 Å². The molecule has 30 heavy (non-hydrogen) atoms. The zero-order valence-corrected chi connectivity index (χ0v) is 19.4. The Morgan fingerprint density at radius 1 is 1.17 bits per heavy atom. The van der Waals surface area contributed by atoms with Gasteiger partial charge in [-0.15, -0.1) is 0 Å². The SMILES string of the molecule is COCCn1c(C)cc(C(=O)N(CCCN2CCN(C)CC2)C2CCOCC2)c1C. The summed E-state index contributed by atoms with van der Waals surface area (Å²) in [6.07, 6.45) is 2.89. The summed E-state index contributed by atoms with van der Waals surface area (Å²) in [7, 11) is 3.90. The first kappa shape index (κ1) is 23.3. The van der Waals surface area contributed by atoms with Crippen LogP contribution >= 0.6 is 0 Å². The fraction of sp³-hybridized carbons (Fsp3) is 0.783. The molecule has 0 saturated carbocycles. The number of ether oxygens (including phenoxy) is 2. The second-order valence-corrected chi connectivity index (χ2v) is 8.77. The van der Waals surface area contributed by atoms with Gasteiger partial charge in [-0.3, -0.25) is 4.79 Å². The van der Waals surface area contributed by atoms with E-state index in [0.29, 0.717) is 6.61 Å². The Hall–Kier alpha value is -1.41. The number of likely N-dealkylation sites (N-methyl/N-ethyl adjacent to an activating group) is 1. The molecule has 7 heteroatoms. The van der Waals surface area contributed by atoms with Crippen LogP contribution in [0.2, 0.25) is 0 Å². The largest absolute Gasteiger partial charge is 0.383 e. The second kappa shape index (κ2) is 11.3. The van der Waals surface area contributed by atoms with Crippen molar-refractivity contribution in [1.82, 2.24) is 19.3 Å². The summed E-state index contributed by atoms with van der Waals surface area (Å²) in [6, 6.07) is 2.33. The highest BCUT2D eigenvalue weighted by atomic mass is 16.5. The number of amides is 1. The van der Waals surface area contributed by atoms with Gasteiger partial charge in [0.2, 0.25) is 0 Å². The molecule has 2 saturated heterocycles. The normalized spacial score (nSPS) is 19.3. The molecule has 0 radical (unpaired) electrons. The highest BCUT2D eigenvalue weighted by Gasteiger charge is 2.29. The molecule has 2 aliphatic rings. The van der Waals surface area contributed by atoms with E-state index in [1.165, 1.54) is 0 Å². The van der Waals surface area contributed by atoms with Gasteiger partial charge in [0.25, 0.3) is 5.91 Å². The minimum absolute atomic E-state index is 0.178.